The molecule has 4 aliphatic rings. The van der Waals surface area contributed by atoms with Crippen LogP contribution in [0.5, 0.6) is 28.7 Å². The Kier molecular flexibility index (Phi) is 10.2. The average Bonchev–Trinajstić information content (AvgIpc) is 3.68. The van der Waals surface area contributed by atoms with Crippen LogP contribution in [0.3, 0.4) is 0 Å². The van der Waals surface area contributed by atoms with E-state index in [0.29, 0.717) is 35.2 Å². The van der Waals surface area contributed by atoms with Gasteiger partial charge >= 0.3 is 11.9 Å². The number of carboxylic acid groups (broad SMARTS) is 1. The molecule has 48 heavy (non-hydrogen) atoms. The van der Waals surface area contributed by atoms with Crippen LogP contribution in [0.1, 0.15) is 36.0 Å². The number of fused-ring (bicyclic) bond motifs is 6. The Morgan fingerprint density at radius 2 is 1.85 bits per heavy atom. The lowest BCUT2D eigenvalue weighted by Crippen LogP contribution is -2.63. The molecule has 260 valence electrons. The molecular weight excluding hydrogens is 642 g/mol. The molecule has 1 saturated heterocycles. The number of rotatable bonds is 13. The van der Waals surface area contributed by atoms with Gasteiger partial charge in [-0.2, -0.15) is 4.89 Å². The lowest BCUT2D eigenvalue weighted by Gasteiger charge is -2.42. The number of aliphatic carboxylic acids is 1. The van der Waals surface area contributed by atoms with Gasteiger partial charge in [-0.25, -0.2) is 5.48 Å². The molecule has 0 aliphatic carbocycles. The van der Waals surface area contributed by atoms with Gasteiger partial charge in [0.1, 0.15) is 48.9 Å². The van der Waals surface area contributed by atoms with Crippen molar-refractivity contribution < 1.29 is 72.7 Å². The second-order valence-corrected chi connectivity index (χ2v) is 11.1. The van der Waals surface area contributed by atoms with E-state index in [1.54, 1.807) is 24.3 Å². The fourth-order valence-electron chi connectivity index (χ4n) is 5.67. The lowest BCUT2D eigenvalue weighted by molar-refractivity contribution is -0.376. The zero-order valence-corrected chi connectivity index (χ0v) is 25.6. The van der Waals surface area contributed by atoms with Crippen molar-refractivity contribution in [3.8, 4) is 28.7 Å². The van der Waals surface area contributed by atoms with Crippen LogP contribution in [0.15, 0.2) is 35.3 Å². The topological polar surface area (TPSA) is 238 Å². The molecular formula is C30H35N3O15. The minimum Gasteiger partial charge on any atom is -0.492 e. The number of benzene rings is 2. The van der Waals surface area contributed by atoms with Crippen LogP contribution in [0.2, 0.25) is 0 Å². The van der Waals surface area contributed by atoms with E-state index in [0.717, 1.165) is 5.56 Å². The first kappa shape index (κ1) is 33.3. The molecule has 4 heterocycles. The van der Waals surface area contributed by atoms with Crippen LogP contribution < -0.4 is 35.0 Å². The highest BCUT2D eigenvalue weighted by molar-refractivity contribution is 5.90. The van der Waals surface area contributed by atoms with E-state index in [4.69, 9.17) is 58.6 Å². The molecule has 0 radical (unpaired) electrons. The van der Waals surface area contributed by atoms with Crippen LogP contribution in [0, 0.1) is 0 Å². The minimum atomic E-state index is -1.73. The maximum absolute atomic E-state index is 11.9. The molecule has 18 nitrogen and oxygen atoms in total. The standard InChI is InChI=1S/C30H35N3O15/c1-32-30(31)33-46-27-26(39-6-2-5-34)22(12-41-24(37)10-23(35)36)45-29(38)28(27)48-47-14-3-4-18-16(7-14)25-17(11-40-18)15-8-20-21(43-13-42-20)9-19(15)44-25/h3-4,7-9,17,22,25-29,34,38H,2,5-6,10-13H2,1H3,(H,35,36)(H3,31,32,33)/t17-,22-,25-,26-,27+,28-,29-/m1/s1. The number of hydrogen-bond donors (Lipinski definition) is 5. The molecule has 6 rings (SSSR count). The van der Waals surface area contributed by atoms with Gasteiger partial charge < -0.3 is 59.1 Å². The summed E-state index contributed by atoms with van der Waals surface area (Å²) in [5, 5.41) is 29.2. The van der Waals surface area contributed by atoms with Crippen molar-refractivity contribution in [2.24, 2.45) is 10.7 Å². The first-order valence-corrected chi connectivity index (χ1v) is 15.0. The second-order valence-electron chi connectivity index (χ2n) is 11.1. The van der Waals surface area contributed by atoms with E-state index in [2.05, 4.69) is 10.5 Å². The predicted octanol–water partition coefficient (Wildman–Crippen LogP) is 0.0410. The number of aliphatic hydroxyl groups excluding tert-OH is 2. The minimum absolute atomic E-state index is 0.00197. The number of carboxylic acids is 1. The van der Waals surface area contributed by atoms with Crippen molar-refractivity contribution >= 4 is 17.9 Å². The Bertz CT molecular complexity index is 1520. The quantitative estimate of drug-likeness (QED) is 0.0358. The van der Waals surface area contributed by atoms with E-state index >= 15 is 0 Å². The molecule has 2 aromatic rings. The van der Waals surface area contributed by atoms with Gasteiger partial charge in [-0.1, -0.05) is 0 Å². The van der Waals surface area contributed by atoms with Gasteiger partial charge in [0, 0.05) is 37.5 Å². The summed E-state index contributed by atoms with van der Waals surface area (Å²) in [6.07, 6.45) is -7.74. The smallest absolute Gasteiger partial charge is 0.317 e. The average molecular weight is 678 g/mol. The van der Waals surface area contributed by atoms with Crippen LogP contribution >= 0.6 is 0 Å². The molecule has 7 atom stereocenters. The summed E-state index contributed by atoms with van der Waals surface area (Å²) in [4.78, 5) is 43.7. The molecule has 18 heteroatoms. The summed E-state index contributed by atoms with van der Waals surface area (Å²) < 4.78 is 40.0. The van der Waals surface area contributed by atoms with E-state index in [1.807, 2.05) is 6.07 Å². The summed E-state index contributed by atoms with van der Waals surface area (Å²) in [6.45, 7) is -0.172. The molecule has 0 aromatic heterocycles. The number of carbonyl (C=O) groups is 2. The van der Waals surface area contributed by atoms with Crippen molar-refractivity contribution in [3.63, 3.8) is 0 Å². The largest absolute Gasteiger partial charge is 0.492 e. The Morgan fingerprint density at radius 1 is 1.04 bits per heavy atom. The molecule has 0 unspecified atom stereocenters. The predicted molar refractivity (Wildman–Crippen MR) is 157 cm³/mol. The van der Waals surface area contributed by atoms with Crippen LogP contribution in [-0.4, -0.2) is 104 Å². The van der Waals surface area contributed by atoms with Crippen molar-refractivity contribution in [3.05, 3.63) is 41.5 Å². The highest BCUT2D eigenvalue weighted by Crippen LogP contribution is 2.54. The first-order chi connectivity index (χ1) is 23.2. The summed E-state index contributed by atoms with van der Waals surface area (Å²) in [7, 11) is 1.41. The van der Waals surface area contributed by atoms with Gasteiger partial charge in [0.2, 0.25) is 12.8 Å². The van der Waals surface area contributed by atoms with Gasteiger partial charge in [0.05, 0.1) is 12.5 Å². The van der Waals surface area contributed by atoms with Gasteiger partial charge in [-0.05, 0) is 30.7 Å². The Morgan fingerprint density at radius 3 is 2.62 bits per heavy atom. The number of carbonyl (C=O) groups excluding carboxylic acids is 1. The zero-order chi connectivity index (χ0) is 33.8. The summed E-state index contributed by atoms with van der Waals surface area (Å²) >= 11 is 0. The van der Waals surface area contributed by atoms with Crippen LogP contribution in [0.25, 0.3) is 0 Å². The fourth-order valence-corrected chi connectivity index (χ4v) is 5.67. The van der Waals surface area contributed by atoms with Gasteiger partial charge in [0.25, 0.3) is 0 Å². The third kappa shape index (κ3) is 7.13. The number of aliphatic imine (C=N–C) groups is 1. The Balaban J connectivity index is 1.19. The second kappa shape index (κ2) is 14.7. The summed E-state index contributed by atoms with van der Waals surface area (Å²) in [6, 6.07) is 8.68. The maximum Gasteiger partial charge on any atom is 0.317 e. The Hall–Kier alpha value is -4.59. The SMILES string of the molecule is CN=C(N)NO[C@@H]1[C@@H](OOc2ccc3c(c2)[C@H]2Oc4cc5c(cc4[C@H]2CO3)OCO5)[C@H](O)O[C@H](COC(=O)CC(=O)O)[C@H]1OCCCO. The molecule has 0 saturated carbocycles. The van der Waals surface area contributed by atoms with E-state index < -0.39 is 61.8 Å². The van der Waals surface area contributed by atoms with Gasteiger partial charge in [-0.15, -0.1) is 0 Å². The maximum atomic E-state index is 11.9. The lowest BCUT2D eigenvalue weighted by atomic mass is 9.89. The van der Waals surface area contributed by atoms with Crippen LogP contribution in [-0.2, 0) is 33.5 Å². The zero-order valence-electron chi connectivity index (χ0n) is 25.6. The molecule has 1 fully saturated rings. The van der Waals surface area contributed by atoms with E-state index in [9.17, 15) is 19.8 Å². The number of guanidine groups is 1. The normalized spacial score (nSPS) is 26.7. The molecule has 6 N–H and O–H groups in total. The number of esters is 1. The molecule has 4 aliphatic heterocycles. The van der Waals surface area contributed by atoms with Crippen molar-refractivity contribution in [2.75, 3.05) is 40.3 Å². The summed E-state index contributed by atoms with van der Waals surface area (Å²) in [5.74, 6) is 0.0506. The van der Waals surface area contributed by atoms with E-state index in [-0.39, 0.29) is 44.1 Å². The first-order valence-electron chi connectivity index (χ1n) is 15.0. The van der Waals surface area contributed by atoms with Gasteiger partial charge in [-0.3, -0.25) is 19.4 Å². The molecule has 0 spiro atoms. The number of aliphatic hydroxyl groups is 2. The number of nitrogens with two attached hydrogens (primary N) is 1. The number of nitrogens with zero attached hydrogens (tertiary/aromatic N) is 1. The summed E-state index contributed by atoms with van der Waals surface area (Å²) in [5.41, 5.74) is 9.82. The third-order valence-corrected chi connectivity index (χ3v) is 7.95. The van der Waals surface area contributed by atoms with Gasteiger partial charge in [0.15, 0.2) is 29.6 Å². The highest BCUT2D eigenvalue weighted by Gasteiger charge is 2.50. The third-order valence-electron chi connectivity index (χ3n) is 7.95. The van der Waals surface area contributed by atoms with Crippen molar-refractivity contribution in [1.29, 1.82) is 0 Å². The highest BCUT2D eigenvalue weighted by atomic mass is 17.2. The molecule has 0 amide bonds. The van der Waals surface area contributed by atoms with E-state index in [1.165, 1.54) is 7.05 Å². The van der Waals surface area contributed by atoms with Crippen LogP contribution in [0.4, 0.5) is 0 Å². The number of hydroxylamine groups is 1. The number of hydrogen-bond acceptors (Lipinski definition) is 15. The monoisotopic (exact) mass is 677 g/mol. The number of ether oxygens (including phenoxy) is 7. The molecule has 0 bridgehead atoms. The number of nitrogens with one attached hydrogen (secondary N) is 1. The van der Waals surface area contributed by atoms with Crippen molar-refractivity contribution in [1.82, 2.24) is 5.48 Å². The molecule has 2 aromatic carbocycles. The fraction of sp³-hybridized carbons (Fsp3) is 0.500. The Labute approximate surface area is 273 Å². The van der Waals surface area contributed by atoms with Crippen molar-refractivity contribution in [2.45, 2.75) is 55.6 Å².